The average molecular weight is 302 g/mol. The van der Waals surface area contributed by atoms with Crippen molar-refractivity contribution >= 4 is 30.7 Å². The summed E-state index contributed by atoms with van der Waals surface area (Å²) >= 11 is 0. The van der Waals surface area contributed by atoms with Crippen LogP contribution in [-0.4, -0.2) is 43.5 Å². The van der Waals surface area contributed by atoms with Crippen LogP contribution in [-0.2, 0) is 4.79 Å². The smallest absolute Gasteiger partial charge is 0.220 e. The van der Waals surface area contributed by atoms with E-state index in [0.29, 0.717) is 13.0 Å². The molecule has 4 nitrogen and oxygen atoms in total. The van der Waals surface area contributed by atoms with Crippen molar-refractivity contribution in [3.63, 3.8) is 0 Å². The van der Waals surface area contributed by atoms with E-state index in [9.17, 15) is 4.79 Å². The van der Waals surface area contributed by atoms with Gasteiger partial charge in [0.15, 0.2) is 0 Å². The molecular weight excluding hydrogens is 273 g/mol. The van der Waals surface area contributed by atoms with E-state index in [4.69, 9.17) is 5.73 Å². The molecule has 1 amide bonds. The molecule has 0 spiro atoms. The lowest BCUT2D eigenvalue weighted by Crippen LogP contribution is -2.27. The number of unbranched alkanes of at least 4 members (excludes halogenated alkanes) is 1. The lowest BCUT2D eigenvalue weighted by molar-refractivity contribution is -0.121. The van der Waals surface area contributed by atoms with Crippen LogP contribution in [0.4, 0.5) is 0 Å². The van der Waals surface area contributed by atoms with Gasteiger partial charge in [0.1, 0.15) is 0 Å². The molecule has 3 N–H and O–H groups in total. The first kappa shape index (κ1) is 23.1. The van der Waals surface area contributed by atoms with Crippen molar-refractivity contribution in [2.24, 2.45) is 5.73 Å². The number of nitrogens with zero attached hydrogens (tertiary/aromatic N) is 1. The highest BCUT2D eigenvalue weighted by molar-refractivity contribution is 5.85. The fourth-order valence-corrected chi connectivity index (χ4v) is 1.58. The molecule has 112 valence electrons. The first-order valence-electron chi connectivity index (χ1n) is 6.43. The van der Waals surface area contributed by atoms with Gasteiger partial charge in [0.05, 0.1) is 0 Å². The SMILES string of the molecule is CCN(CC)CCCCNC(=O)CCCN.Cl.Cl. The molecule has 0 saturated carbocycles. The van der Waals surface area contributed by atoms with Crippen LogP contribution in [0.1, 0.15) is 39.5 Å². The monoisotopic (exact) mass is 301 g/mol. The van der Waals surface area contributed by atoms with Crippen molar-refractivity contribution in [1.29, 1.82) is 0 Å². The van der Waals surface area contributed by atoms with Crippen LogP contribution in [0.25, 0.3) is 0 Å². The summed E-state index contributed by atoms with van der Waals surface area (Å²) in [5.74, 6) is 0.133. The number of nitrogens with two attached hydrogens (primary N) is 1. The Morgan fingerprint density at radius 3 is 2.22 bits per heavy atom. The molecule has 0 saturated heterocycles. The maximum absolute atomic E-state index is 11.2. The lowest BCUT2D eigenvalue weighted by Gasteiger charge is -2.17. The lowest BCUT2D eigenvalue weighted by atomic mass is 10.2. The predicted octanol–water partition coefficient (Wildman–Crippen LogP) is 1.81. The third kappa shape index (κ3) is 14.0. The van der Waals surface area contributed by atoms with E-state index in [1.807, 2.05) is 0 Å². The summed E-state index contributed by atoms with van der Waals surface area (Å²) in [7, 11) is 0. The number of halogens is 2. The van der Waals surface area contributed by atoms with Crippen molar-refractivity contribution in [2.75, 3.05) is 32.7 Å². The topological polar surface area (TPSA) is 58.4 Å². The molecule has 0 fully saturated rings. The van der Waals surface area contributed by atoms with Crippen LogP contribution in [0.5, 0.6) is 0 Å². The summed E-state index contributed by atoms with van der Waals surface area (Å²) < 4.78 is 0. The molecule has 0 atom stereocenters. The first-order valence-corrected chi connectivity index (χ1v) is 6.43. The maximum Gasteiger partial charge on any atom is 0.220 e. The Kier molecular flexibility index (Phi) is 21.8. The number of rotatable bonds is 10. The van der Waals surface area contributed by atoms with Gasteiger partial charge < -0.3 is 16.0 Å². The van der Waals surface area contributed by atoms with Crippen LogP contribution in [0.15, 0.2) is 0 Å². The van der Waals surface area contributed by atoms with Gasteiger partial charge in [0.2, 0.25) is 5.91 Å². The number of hydrogen-bond donors (Lipinski definition) is 2. The molecule has 0 heterocycles. The van der Waals surface area contributed by atoms with E-state index in [0.717, 1.165) is 45.4 Å². The molecular formula is C12H29Cl2N3O. The number of carbonyl (C=O) groups is 1. The maximum atomic E-state index is 11.2. The Hall–Kier alpha value is -0.0300. The molecule has 0 rings (SSSR count). The predicted molar refractivity (Wildman–Crippen MR) is 82.8 cm³/mol. The summed E-state index contributed by atoms with van der Waals surface area (Å²) in [6, 6.07) is 0. The largest absolute Gasteiger partial charge is 0.356 e. The Labute approximate surface area is 124 Å². The highest BCUT2D eigenvalue weighted by Gasteiger charge is 2.00. The van der Waals surface area contributed by atoms with Crippen LogP contribution in [0.2, 0.25) is 0 Å². The second-order valence-corrected chi connectivity index (χ2v) is 3.98. The van der Waals surface area contributed by atoms with Gasteiger partial charge in [-0.25, -0.2) is 0 Å². The second kappa shape index (κ2) is 17.0. The zero-order chi connectivity index (χ0) is 12.2. The fourth-order valence-electron chi connectivity index (χ4n) is 1.58. The third-order valence-corrected chi connectivity index (χ3v) is 2.73. The Balaban J connectivity index is -0.00000112. The molecule has 0 unspecified atom stereocenters. The zero-order valence-electron chi connectivity index (χ0n) is 11.6. The van der Waals surface area contributed by atoms with Crippen molar-refractivity contribution in [2.45, 2.75) is 39.5 Å². The molecule has 18 heavy (non-hydrogen) atoms. The molecule has 0 aromatic heterocycles. The Morgan fingerprint density at radius 1 is 1.11 bits per heavy atom. The van der Waals surface area contributed by atoms with E-state index in [1.54, 1.807) is 0 Å². The summed E-state index contributed by atoms with van der Waals surface area (Å²) in [5.41, 5.74) is 5.33. The minimum absolute atomic E-state index is 0. The minimum Gasteiger partial charge on any atom is -0.356 e. The van der Waals surface area contributed by atoms with Gasteiger partial charge in [-0.2, -0.15) is 0 Å². The van der Waals surface area contributed by atoms with E-state index >= 15 is 0 Å². The average Bonchev–Trinajstić information content (AvgIpc) is 2.31. The van der Waals surface area contributed by atoms with Crippen LogP contribution in [0.3, 0.4) is 0 Å². The minimum atomic E-state index is 0. The van der Waals surface area contributed by atoms with Crippen LogP contribution < -0.4 is 11.1 Å². The number of carbonyl (C=O) groups excluding carboxylic acids is 1. The molecule has 0 aromatic rings. The van der Waals surface area contributed by atoms with E-state index in [1.165, 1.54) is 0 Å². The highest BCUT2D eigenvalue weighted by atomic mass is 35.5. The molecule has 6 heteroatoms. The van der Waals surface area contributed by atoms with Gasteiger partial charge in [0, 0.05) is 13.0 Å². The highest BCUT2D eigenvalue weighted by Crippen LogP contribution is 1.94. The summed E-state index contributed by atoms with van der Waals surface area (Å²) in [5, 5.41) is 2.91. The van der Waals surface area contributed by atoms with Gasteiger partial charge in [-0.15, -0.1) is 24.8 Å². The second-order valence-electron chi connectivity index (χ2n) is 3.98. The molecule has 0 aliphatic carbocycles. The summed E-state index contributed by atoms with van der Waals surface area (Å²) in [6.07, 6.45) is 3.56. The fraction of sp³-hybridized carbons (Fsp3) is 0.917. The van der Waals surface area contributed by atoms with Gasteiger partial charge >= 0.3 is 0 Å². The third-order valence-electron chi connectivity index (χ3n) is 2.73. The molecule has 0 radical (unpaired) electrons. The van der Waals surface area contributed by atoms with Crippen LogP contribution in [0, 0.1) is 0 Å². The summed E-state index contributed by atoms with van der Waals surface area (Å²) in [4.78, 5) is 13.6. The van der Waals surface area contributed by atoms with Crippen LogP contribution >= 0.6 is 24.8 Å². The number of amides is 1. The van der Waals surface area contributed by atoms with E-state index in [-0.39, 0.29) is 30.7 Å². The summed E-state index contributed by atoms with van der Waals surface area (Å²) in [6.45, 7) is 9.10. The Bertz CT molecular complexity index is 179. The number of nitrogens with one attached hydrogen (secondary N) is 1. The molecule has 0 aliphatic heterocycles. The quantitative estimate of drug-likeness (QED) is 0.605. The standard InChI is InChI=1S/C12H27N3O.2ClH/c1-3-15(4-2)11-6-5-10-14-12(16)8-7-9-13;;/h3-11,13H2,1-2H3,(H,14,16);2*1H. The number of hydrogen-bond acceptors (Lipinski definition) is 3. The van der Waals surface area contributed by atoms with E-state index in [2.05, 4.69) is 24.1 Å². The van der Waals surface area contributed by atoms with Crippen molar-refractivity contribution in [3.05, 3.63) is 0 Å². The molecule has 0 aromatic carbocycles. The van der Waals surface area contributed by atoms with Gasteiger partial charge in [0.25, 0.3) is 0 Å². The first-order chi connectivity index (χ1) is 7.74. The van der Waals surface area contributed by atoms with Gasteiger partial charge in [-0.1, -0.05) is 13.8 Å². The zero-order valence-corrected chi connectivity index (χ0v) is 13.2. The van der Waals surface area contributed by atoms with Crippen molar-refractivity contribution in [3.8, 4) is 0 Å². The normalized spacial score (nSPS) is 9.56. The Morgan fingerprint density at radius 2 is 1.72 bits per heavy atom. The van der Waals surface area contributed by atoms with E-state index < -0.39 is 0 Å². The van der Waals surface area contributed by atoms with Crippen molar-refractivity contribution < 1.29 is 4.79 Å². The van der Waals surface area contributed by atoms with Gasteiger partial charge in [-0.3, -0.25) is 4.79 Å². The molecule has 0 bridgehead atoms. The van der Waals surface area contributed by atoms with Gasteiger partial charge in [-0.05, 0) is 45.4 Å². The molecule has 0 aliphatic rings. The van der Waals surface area contributed by atoms with Crippen molar-refractivity contribution in [1.82, 2.24) is 10.2 Å².